The van der Waals surface area contributed by atoms with E-state index >= 15 is 0 Å². The maximum absolute atomic E-state index is 12.6. The molecular formula is C46H79O10P. The number of esters is 2. The lowest BCUT2D eigenvalue weighted by Gasteiger charge is -2.20. The maximum atomic E-state index is 12.6. The van der Waals surface area contributed by atoms with E-state index in [2.05, 4.69) is 91.3 Å². The summed E-state index contributed by atoms with van der Waals surface area (Å²) in [5, 5.41) is 18.3. The highest BCUT2D eigenvalue weighted by Gasteiger charge is 2.27. The fourth-order valence-corrected chi connectivity index (χ4v) is 6.27. The van der Waals surface area contributed by atoms with Crippen molar-refractivity contribution in [1.29, 1.82) is 0 Å². The van der Waals surface area contributed by atoms with Crippen molar-refractivity contribution in [2.75, 3.05) is 26.4 Å². The number of carbonyl (C=O) groups is 2. The molecule has 0 aromatic rings. The minimum absolute atomic E-state index is 0.140. The fourth-order valence-electron chi connectivity index (χ4n) is 5.48. The highest BCUT2D eigenvalue weighted by atomic mass is 31.2. The second-order valence-electron chi connectivity index (χ2n) is 14.3. The van der Waals surface area contributed by atoms with Crippen LogP contribution in [0.5, 0.6) is 0 Å². The Kier molecular flexibility index (Phi) is 39.7. The highest BCUT2D eigenvalue weighted by molar-refractivity contribution is 7.47. The molecule has 57 heavy (non-hydrogen) atoms. The van der Waals surface area contributed by atoms with Crippen molar-refractivity contribution in [2.24, 2.45) is 0 Å². The van der Waals surface area contributed by atoms with E-state index in [0.717, 1.165) is 89.9 Å². The van der Waals surface area contributed by atoms with E-state index in [-0.39, 0.29) is 19.4 Å². The topological polar surface area (TPSA) is 149 Å². The van der Waals surface area contributed by atoms with Gasteiger partial charge in [0.25, 0.3) is 0 Å². The van der Waals surface area contributed by atoms with Gasteiger partial charge in [0, 0.05) is 12.8 Å². The van der Waals surface area contributed by atoms with Crippen molar-refractivity contribution in [3.05, 3.63) is 72.9 Å². The Hall–Kier alpha value is -2.59. The summed E-state index contributed by atoms with van der Waals surface area (Å²) in [6.45, 7) is 2.20. The number of aliphatic hydroxyl groups excluding tert-OH is 2. The van der Waals surface area contributed by atoms with Crippen LogP contribution < -0.4 is 0 Å². The van der Waals surface area contributed by atoms with E-state index in [4.69, 9.17) is 19.1 Å². The second kappa shape index (κ2) is 41.6. The van der Waals surface area contributed by atoms with Gasteiger partial charge in [-0.3, -0.25) is 18.6 Å². The molecule has 0 rings (SSSR count). The van der Waals surface area contributed by atoms with Crippen molar-refractivity contribution in [3.63, 3.8) is 0 Å². The molecule has 0 amide bonds. The molecule has 0 radical (unpaired) electrons. The van der Waals surface area contributed by atoms with Crippen LogP contribution >= 0.6 is 7.82 Å². The van der Waals surface area contributed by atoms with Gasteiger partial charge in [0.1, 0.15) is 12.7 Å². The molecule has 10 nitrogen and oxygen atoms in total. The van der Waals surface area contributed by atoms with Gasteiger partial charge in [0.2, 0.25) is 0 Å². The zero-order valence-electron chi connectivity index (χ0n) is 35.5. The molecule has 0 bridgehead atoms. The lowest BCUT2D eigenvalue weighted by Crippen LogP contribution is -2.29. The lowest BCUT2D eigenvalue weighted by atomic mass is 10.1. The Labute approximate surface area is 346 Å². The van der Waals surface area contributed by atoms with Crippen LogP contribution in [0.2, 0.25) is 0 Å². The molecule has 0 aliphatic rings. The Morgan fingerprint density at radius 3 is 1.49 bits per heavy atom. The number of unbranched alkanes of at least 4 members (excludes halogenated alkanes) is 14. The van der Waals surface area contributed by atoms with Gasteiger partial charge in [0.15, 0.2) is 6.10 Å². The van der Waals surface area contributed by atoms with Gasteiger partial charge < -0.3 is 24.6 Å². The van der Waals surface area contributed by atoms with Gasteiger partial charge >= 0.3 is 19.8 Å². The van der Waals surface area contributed by atoms with Crippen LogP contribution in [0.25, 0.3) is 0 Å². The van der Waals surface area contributed by atoms with Gasteiger partial charge in [0.05, 0.1) is 19.8 Å². The number of ether oxygens (including phenoxy) is 2. The third kappa shape index (κ3) is 41.4. The number of phosphoric ester groups is 1. The normalized spacial score (nSPS) is 14.5. The van der Waals surface area contributed by atoms with Crippen LogP contribution in [0.3, 0.4) is 0 Å². The van der Waals surface area contributed by atoms with Crippen LogP contribution in [-0.2, 0) is 32.7 Å². The molecule has 0 fully saturated rings. The van der Waals surface area contributed by atoms with Gasteiger partial charge in [-0.2, -0.15) is 0 Å². The molecule has 0 aromatic heterocycles. The van der Waals surface area contributed by atoms with Crippen molar-refractivity contribution in [3.8, 4) is 0 Å². The lowest BCUT2D eigenvalue weighted by molar-refractivity contribution is -0.161. The number of allylic oxidation sites excluding steroid dienone is 12. The Morgan fingerprint density at radius 2 is 0.965 bits per heavy atom. The quantitative estimate of drug-likeness (QED) is 0.0236. The molecule has 0 aliphatic carbocycles. The summed E-state index contributed by atoms with van der Waals surface area (Å²) in [5.74, 6) is -0.977. The monoisotopic (exact) mass is 823 g/mol. The smallest absolute Gasteiger partial charge is 0.462 e. The van der Waals surface area contributed by atoms with E-state index in [9.17, 15) is 24.2 Å². The summed E-state index contributed by atoms with van der Waals surface area (Å²) in [7, 11) is -4.63. The molecule has 0 heterocycles. The van der Waals surface area contributed by atoms with E-state index in [1.807, 2.05) is 0 Å². The number of rotatable bonds is 40. The van der Waals surface area contributed by atoms with Crippen LogP contribution in [0.1, 0.15) is 168 Å². The third-order valence-corrected chi connectivity index (χ3v) is 9.80. The van der Waals surface area contributed by atoms with Gasteiger partial charge in [-0.15, -0.1) is 0 Å². The molecule has 0 saturated heterocycles. The first-order valence-corrected chi connectivity index (χ1v) is 23.4. The summed E-state index contributed by atoms with van der Waals surface area (Å²) in [6, 6.07) is 0. The molecular weight excluding hydrogens is 743 g/mol. The van der Waals surface area contributed by atoms with Crippen molar-refractivity contribution >= 4 is 19.8 Å². The first-order chi connectivity index (χ1) is 27.7. The zero-order chi connectivity index (χ0) is 41.9. The van der Waals surface area contributed by atoms with Crippen molar-refractivity contribution < 1.29 is 47.8 Å². The third-order valence-electron chi connectivity index (χ3n) is 8.84. The van der Waals surface area contributed by atoms with Crippen molar-refractivity contribution in [1.82, 2.24) is 0 Å². The first-order valence-electron chi connectivity index (χ1n) is 21.9. The minimum Gasteiger partial charge on any atom is -0.462 e. The average molecular weight is 823 g/mol. The van der Waals surface area contributed by atoms with Crippen LogP contribution in [0.4, 0.5) is 0 Å². The predicted molar refractivity (Wildman–Crippen MR) is 233 cm³/mol. The van der Waals surface area contributed by atoms with E-state index in [0.29, 0.717) is 12.8 Å². The van der Waals surface area contributed by atoms with Gasteiger partial charge in [-0.1, -0.05) is 145 Å². The largest absolute Gasteiger partial charge is 0.472 e. The number of hydrogen-bond donors (Lipinski definition) is 3. The van der Waals surface area contributed by atoms with Gasteiger partial charge in [-0.25, -0.2) is 4.57 Å². The molecule has 0 aliphatic heterocycles. The highest BCUT2D eigenvalue weighted by Crippen LogP contribution is 2.43. The summed E-state index contributed by atoms with van der Waals surface area (Å²) >= 11 is 0. The maximum Gasteiger partial charge on any atom is 0.472 e. The van der Waals surface area contributed by atoms with E-state index in [1.165, 1.54) is 38.5 Å². The van der Waals surface area contributed by atoms with Crippen molar-refractivity contribution in [2.45, 2.75) is 180 Å². The van der Waals surface area contributed by atoms with Crippen LogP contribution in [0, 0.1) is 0 Å². The Balaban J connectivity index is 4.39. The number of phosphoric acid groups is 1. The van der Waals surface area contributed by atoms with Crippen LogP contribution in [0.15, 0.2) is 72.9 Å². The number of hydrogen-bond acceptors (Lipinski definition) is 9. The fraction of sp³-hybridized carbons (Fsp3) is 0.696. The Morgan fingerprint density at radius 1 is 0.544 bits per heavy atom. The second-order valence-corrected chi connectivity index (χ2v) is 15.8. The predicted octanol–water partition coefficient (Wildman–Crippen LogP) is 11.7. The molecule has 328 valence electrons. The zero-order valence-corrected chi connectivity index (χ0v) is 36.4. The standard InChI is InChI=1S/C46H79O10P/c1-3-5-7-9-11-13-15-17-19-20-21-22-24-26-28-30-32-34-36-38-46(50)56-44(42-55-57(51,52)54-40-43(48)39-47)41-53-45(49)37-35-33-31-29-27-25-23-18-16-14-12-10-8-6-4-2/h5,7,11,13,17-19,21-23,26,28,43-44,47-48H,3-4,6,8-10,12,14-16,20,24-25,27,29-42H2,1-2H3,(H,51,52). The molecule has 11 heteroatoms. The number of aliphatic hydroxyl groups is 2. The minimum atomic E-state index is -4.63. The summed E-state index contributed by atoms with van der Waals surface area (Å²) in [4.78, 5) is 35.0. The molecule has 3 N–H and O–H groups in total. The van der Waals surface area contributed by atoms with E-state index < -0.39 is 51.8 Å². The molecule has 0 spiro atoms. The summed E-state index contributed by atoms with van der Waals surface area (Å²) in [5.41, 5.74) is 0. The van der Waals surface area contributed by atoms with E-state index in [1.54, 1.807) is 0 Å². The Bertz CT molecular complexity index is 1180. The average Bonchev–Trinajstić information content (AvgIpc) is 3.20. The summed E-state index contributed by atoms with van der Waals surface area (Å²) in [6.07, 6.45) is 47.2. The summed E-state index contributed by atoms with van der Waals surface area (Å²) < 4.78 is 32.7. The SMILES string of the molecule is CCC=CCC=CCC=CCC=CCC=CCCCCCC(=O)OC(COC(=O)CCCCCCCC=CCCCCCCCC)COP(=O)(O)OCC(O)CO. The van der Waals surface area contributed by atoms with Gasteiger partial charge in [-0.05, 0) is 83.5 Å². The first kappa shape index (κ1) is 54.4. The number of carbonyl (C=O) groups excluding carboxylic acids is 2. The van der Waals surface area contributed by atoms with Crippen LogP contribution in [-0.4, -0.2) is 65.7 Å². The molecule has 3 atom stereocenters. The molecule has 3 unspecified atom stereocenters. The molecule has 0 saturated carbocycles. The molecule has 0 aromatic carbocycles.